The van der Waals surface area contributed by atoms with Crippen LogP contribution in [0.4, 0.5) is 0 Å². The van der Waals surface area contributed by atoms with Crippen molar-refractivity contribution in [3.8, 4) is 0 Å². The number of hydrogen-bond donors (Lipinski definition) is 0. The van der Waals surface area contributed by atoms with Gasteiger partial charge in [0.05, 0.1) is 0 Å². The molecule has 0 N–H and O–H groups in total. The van der Waals surface area contributed by atoms with E-state index < -0.39 is 0 Å². The molecule has 1 aliphatic carbocycles. The second-order valence-corrected chi connectivity index (χ2v) is 8.02. The standard InChI is InChI=1S/C14H18N.C10H15.2ClH.Zr/c1-15(2)9-5-6-12-10-13-7-3-4-8-14(13)11-12;1-7-6-10(4,5)9(3)8(7)2;;;/h3-4,7-8,10-11H,5-6,9H2,1-2H3;1-5H3;2*1H;/q2*-1;;;+4/p-2. The van der Waals surface area contributed by atoms with Gasteiger partial charge in [0.15, 0.2) is 0 Å². The Morgan fingerprint density at radius 3 is 2.07 bits per heavy atom. The molecule has 1 nitrogen and oxygen atoms in total. The number of halogens is 2. The number of aryl methyl sites for hydroxylation is 1. The van der Waals surface area contributed by atoms with Gasteiger partial charge in [-0.25, -0.2) is 5.57 Å². The van der Waals surface area contributed by atoms with E-state index in [-0.39, 0.29) is 56.4 Å². The van der Waals surface area contributed by atoms with Gasteiger partial charge >= 0.3 is 26.2 Å². The number of nitrogens with zero attached hydrogens (tertiary/aromatic N) is 1. The summed E-state index contributed by atoms with van der Waals surface area (Å²) >= 11 is 0. The maximum atomic E-state index is 3.44. The Bertz CT molecular complexity index is 752. The van der Waals surface area contributed by atoms with Gasteiger partial charge in [-0.15, -0.1) is 47.5 Å². The molecule has 0 bridgehead atoms. The summed E-state index contributed by atoms with van der Waals surface area (Å²) in [5, 5.41) is 2.75. The first-order valence-corrected chi connectivity index (χ1v) is 9.30. The fraction of sp³-hybridized carbons (Fsp3) is 0.458. The third kappa shape index (κ3) is 8.23. The summed E-state index contributed by atoms with van der Waals surface area (Å²) in [4.78, 5) is 2.24. The van der Waals surface area contributed by atoms with Crippen LogP contribution in [0.5, 0.6) is 0 Å². The Morgan fingerprint density at radius 2 is 1.64 bits per heavy atom. The first-order chi connectivity index (χ1) is 11.7. The molecule has 0 fully saturated rings. The summed E-state index contributed by atoms with van der Waals surface area (Å²) in [6.07, 6.45) is 5.86. The van der Waals surface area contributed by atoms with Crippen LogP contribution < -0.4 is 24.8 Å². The van der Waals surface area contributed by atoms with Gasteiger partial charge < -0.3 is 29.7 Å². The molecule has 3 rings (SSSR count). The summed E-state index contributed by atoms with van der Waals surface area (Å²) in [5.74, 6) is 0. The van der Waals surface area contributed by atoms with E-state index in [0.29, 0.717) is 0 Å². The molecular formula is C24H33Cl2NZr. The van der Waals surface area contributed by atoms with Crippen molar-refractivity contribution in [2.24, 2.45) is 5.41 Å². The molecule has 4 heteroatoms. The zero-order valence-corrected chi connectivity index (χ0v) is 22.3. The molecule has 28 heavy (non-hydrogen) atoms. The molecule has 152 valence electrons. The first kappa shape index (κ1) is 29.9. The molecule has 1 aliphatic rings. The predicted molar refractivity (Wildman–Crippen MR) is 111 cm³/mol. The van der Waals surface area contributed by atoms with Crippen LogP contribution in [0.2, 0.25) is 0 Å². The van der Waals surface area contributed by atoms with Gasteiger partial charge in [-0.2, -0.15) is 17.2 Å². The third-order valence-electron chi connectivity index (χ3n) is 5.31. The summed E-state index contributed by atoms with van der Waals surface area (Å²) in [6, 6.07) is 13.2. The van der Waals surface area contributed by atoms with Crippen LogP contribution in [-0.4, -0.2) is 25.5 Å². The maximum Gasteiger partial charge on any atom is 4.00 e. The second-order valence-electron chi connectivity index (χ2n) is 8.02. The average molecular weight is 498 g/mol. The Hall–Kier alpha value is -0.267. The van der Waals surface area contributed by atoms with E-state index in [1.54, 1.807) is 0 Å². The van der Waals surface area contributed by atoms with E-state index in [2.05, 4.69) is 96.1 Å². The molecule has 0 spiro atoms. The fourth-order valence-electron chi connectivity index (χ4n) is 3.36. The monoisotopic (exact) mass is 495 g/mol. The normalized spacial score (nSPS) is 14.5. The van der Waals surface area contributed by atoms with Crippen molar-refractivity contribution in [1.82, 2.24) is 4.90 Å². The SMILES string of the molecule is CC1=[C-]C(C)(C)C(C)=C1C.CN(C)CCCc1cc2ccccc2[cH-]1.[Cl-].[Cl-].[Zr+4]. The molecule has 0 atom stereocenters. The van der Waals surface area contributed by atoms with Crippen LogP contribution in [0.25, 0.3) is 10.8 Å². The molecule has 0 aliphatic heterocycles. The largest absolute Gasteiger partial charge is 4.00 e. The van der Waals surface area contributed by atoms with Crippen LogP contribution in [0.15, 0.2) is 53.1 Å². The van der Waals surface area contributed by atoms with Crippen molar-refractivity contribution in [1.29, 1.82) is 0 Å². The quantitative estimate of drug-likeness (QED) is 0.545. The van der Waals surface area contributed by atoms with Crippen LogP contribution in [-0.2, 0) is 32.6 Å². The smallest absolute Gasteiger partial charge is 1.00 e. The van der Waals surface area contributed by atoms with Gasteiger partial charge in [0, 0.05) is 0 Å². The molecule has 0 saturated heterocycles. The zero-order chi connectivity index (χ0) is 18.6. The van der Waals surface area contributed by atoms with E-state index in [1.165, 1.54) is 52.4 Å². The van der Waals surface area contributed by atoms with Crippen LogP contribution in [0.1, 0.15) is 46.6 Å². The molecule has 0 aromatic heterocycles. The molecule has 0 unspecified atom stereocenters. The van der Waals surface area contributed by atoms with Gasteiger partial charge in [-0.1, -0.05) is 39.2 Å². The van der Waals surface area contributed by atoms with Gasteiger partial charge in [-0.05, 0) is 33.5 Å². The minimum absolute atomic E-state index is 0. The number of fused-ring (bicyclic) bond motifs is 1. The van der Waals surface area contributed by atoms with Crippen LogP contribution in [0.3, 0.4) is 0 Å². The topological polar surface area (TPSA) is 3.24 Å². The summed E-state index contributed by atoms with van der Waals surface area (Å²) < 4.78 is 0. The van der Waals surface area contributed by atoms with Gasteiger partial charge in [-0.3, -0.25) is 6.08 Å². The average Bonchev–Trinajstić information content (AvgIpc) is 3.02. The second kappa shape index (κ2) is 13.1. The number of allylic oxidation sites excluding steroid dienone is 4. The van der Waals surface area contributed by atoms with Crippen molar-refractivity contribution >= 4 is 10.8 Å². The Balaban J connectivity index is 0. The van der Waals surface area contributed by atoms with Gasteiger partial charge in [0.1, 0.15) is 0 Å². The first-order valence-electron chi connectivity index (χ1n) is 9.30. The minimum atomic E-state index is 0. The van der Waals surface area contributed by atoms with E-state index in [1.807, 2.05) is 0 Å². The van der Waals surface area contributed by atoms with E-state index in [0.717, 1.165) is 0 Å². The van der Waals surface area contributed by atoms with Crippen molar-refractivity contribution in [3.05, 3.63) is 64.8 Å². The predicted octanol–water partition coefficient (Wildman–Crippen LogP) is 0.170. The maximum absolute atomic E-state index is 3.44. The van der Waals surface area contributed by atoms with Gasteiger partial charge in [0.2, 0.25) is 0 Å². The molecule has 0 heterocycles. The van der Waals surface area contributed by atoms with E-state index in [4.69, 9.17) is 0 Å². The van der Waals surface area contributed by atoms with Crippen molar-refractivity contribution in [3.63, 3.8) is 0 Å². The number of rotatable bonds is 4. The fourth-order valence-corrected chi connectivity index (χ4v) is 3.36. The van der Waals surface area contributed by atoms with Crippen molar-refractivity contribution in [2.45, 2.75) is 47.5 Å². The Kier molecular flexibility index (Phi) is 14.0. The van der Waals surface area contributed by atoms with E-state index >= 15 is 0 Å². The molecule has 0 radical (unpaired) electrons. The van der Waals surface area contributed by atoms with Crippen molar-refractivity contribution in [2.75, 3.05) is 20.6 Å². The third-order valence-corrected chi connectivity index (χ3v) is 5.31. The van der Waals surface area contributed by atoms with Crippen LogP contribution in [0, 0.1) is 11.5 Å². The summed E-state index contributed by atoms with van der Waals surface area (Å²) in [7, 11) is 4.25. The van der Waals surface area contributed by atoms with E-state index in [9.17, 15) is 0 Å². The number of hydrogen-bond acceptors (Lipinski definition) is 1. The summed E-state index contributed by atoms with van der Waals surface area (Å²) in [5.41, 5.74) is 5.87. The minimum Gasteiger partial charge on any atom is -1.00 e. The molecular weight excluding hydrogens is 464 g/mol. The van der Waals surface area contributed by atoms with Crippen LogP contribution >= 0.6 is 0 Å². The van der Waals surface area contributed by atoms with Crippen molar-refractivity contribution < 1.29 is 51.0 Å². The molecule has 2 aromatic carbocycles. The summed E-state index contributed by atoms with van der Waals surface area (Å²) in [6.45, 7) is 12.1. The Labute approximate surface area is 204 Å². The Morgan fingerprint density at radius 1 is 1.04 bits per heavy atom. The molecule has 2 aromatic rings. The molecule has 0 saturated carbocycles. The van der Waals surface area contributed by atoms with Gasteiger partial charge in [0.25, 0.3) is 0 Å². The number of benzene rings is 1. The molecule has 0 amide bonds. The zero-order valence-electron chi connectivity index (χ0n) is 18.3.